The molecule has 2 N–H and O–H groups in total. The monoisotopic (exact) mass is 155 g/mol. The molecule has 0 fully saturated rings. The maximum absolute atomic E-state index is 5.51. The van der Waals surface area contributed by atoms with E-state index in [9.17, 15) is 0 Å². The van der Waals surface area contributed by atoms with Crippen molar-refractivity contribution in [1.82, 2.24) is 0 Å². The van der Waals surface area contributed by atoms with Gasteiger partial charge in [-0.1, -0.05) is 25.8 Å². The van der Waals surface area contributed by atoms with Gasteiger partial charge in [-0.15, -0.1) is 6.58 Å². The number of hydrogen-bond acceptors (Lipinski definition) is 1. The topological polar surface area (TPSA) is 26.0 Å². The quantitative estimate of drug-likeness (QED) is 0.562. The van der Waals surface area contributed by atoms with Crippen LogP contribution in [0.25, 0.3) is 0 Å². The van der Waals surface area contributed by atoms with Crippen LogP contribution >= 0.6 is 0 Å². The first-order valence-electron chi connectivity index (χ1n) is 4.66. The average Bonchev–Trinajstić information content (AvgIpc) is 2.01. The molecule has 1 atom stereocenters. The molecular formula is C10H21N. The fraction of sp³-hybridized carbons (Fsp3) is 0.800. The summed E-state index contributed by atoms with van der Waals surface area (Å²) in [6.07, 6.45) is 8.20. The van der Waals surface area contributed by atoms with Gasteiger partial charge in [-0.25, -0.2) is 0 Å². The molecule has 0 heterocycles. The Morgan fingerprint density at radius 3 is 2.55 bits per heavy atom. The van der Waals surface area contributed by atoms with Crippen LogP contribution in [-0.2, 0) is 0 Å². The van der Waals surface area contributed by atoms with Crippen LogP contribution in [-0.4, -0.2) is 6.54 Å². The fourth-order valence-corrected chi connectivity index (χ4v) is 1.43. The average molecular weight is 155 g/mol. The zero-order valence-electron chi connectivity index (χ0n) is 7.68. The molecule has 0 aromatic heterocycles. The largest absolute Gasteiger partial charge is 0.330 e. The summed E-state index contributed by atoms with van der Waals surface area (Å²) in [4.78, 5) is 0. The van der Waals surface area contributed by atoms with Crippen LogP contribution in [0.15, 0.2) is 12.7 Å². The summed E-state index contributed by atoms with van der Waals surface area (Å²) in [5.74, 6) is 0.836. The highest BCUT2D eigenvalue weighted by molar-refractivity contribution is 4.70. The molecule has 1 heteroatoms. The normalized spacial score (nSPS) is 12.9. The first-order chi connectivity index (χ1) is 5.35. The highest BCUT2D eigenvalue weighted by Gasteiger charge is 2.04. The van der Waals surface area contributed by atoms with Crippen molar-refractivity contribution >= 4 is 0 Å². The highest BCUT2D eigenvalue weighted by atomic mass is 14.5. The second-order valence-electron chi connectivity index (χ2n) is 3.10. The Labute approximate surface area is 70.7 Å². The smallest absolute Gasteiger partial charge is 0.00746 e. The lowest BCUT2D eigenvalue weighted by molar-refractivity contribution is 0.424. The Morgan fingerprint density at radius 2 is 2.09 bits per heavy atom. The zero-order chi connectivity index (χ0) is 8.53. The van der Waals surface area contributed by atoms with Gasteiger partial charge in [-0.3, -0.25) is 0 Å². The molecule has 0 aliphatic carbocycles. The van der Waals surface area contributed by atoms with Gasteiger partial charge >= 0.3 is 0 Å². The lowest BCUT2D eigenvalue weighted by Gasteiger charge is -2.12. The molecule has 11 heavy (non-hydrogen) atoms. The van der Waals surface area contributed by atoms with Crippen LogP contribution in [0.5, 0.6) is 0 Å². The van der Waals surface area contributed by atoms with Crippen molar-refractivity contribution in [2.24, 2.45) is 11.7 Å². The number of rotatable bonds is 7. The van der Waals surface area contributed by atoms with Gasteiger partial charge in [0.05, 0.1) is 0 Å². The Bertz CT molecular complexity index is 82.9. The van der Waals surface area contributed by atoms with Crippen LogP contribution in [0.4, 0.5) is 0 Å². The second kappa shape index (κ2) is 7.80. The van der Waals surface area contributed by atoms with Crippen LogP contribution in [0, 0.1) is 5.92 Å². The minimum Gasteiger partial charge on any atom is -0.330 e. The predicted octanol–water partition coefficient (Wildman–Crippen LogP) is 2.72. The summed E-state index contributed by atoms with van der Waals surface area (Å²) >= 11 is 0. The summed E-state index contributed by atoms with van der Waals surface area (Å²) in [6, 6.07) is 0. The van der Waals surface area contributed by atoms with E-state index in [0.717, 1.165) is 18.9 Å². The van der Waals surface area contributed by atoms with Gasteiger partial charge in [0.25, 0.3) is 0 Å². The molecule has 0 aliphatic heterocycles. The Morgan fingerprint density at radius 1 is 1.36 bits per heavy atom. The number of nitrogens with two attached hydrogens (primary N) is 1. The number of allylic oxidation sites excluding steroid dienone is 1. The minimum absolute atomic E-state index is 0.835. The molecule has 0 saturated heterocycles. The first kappa shape index (κ1) is 10.7. The van der Waals surface area contributed by atoms with Crippen LogP contribution in [0.2, 0.25) is 0 Å². The Kier molecular flexibility index (Phi) is 7.59. The third-order valence-electron chi connectivity index (χ3n) is 2.05. The van der Waals surface area contributed by atoms with E-state index < -0.39 is 0 Å². The lowest BCUT2D eigenvalue weighted by Crippen LogP contribution is -2.08. The van der Waals surface area contributed by atoms with Gasteiger partial charge in [-0.2, -0.15) is 0 Å². The first-order valence-corrected chi connectivity index (χ1v) is 4.66. The van der Waals surface area contributed by atoms with Gasteiger partial charge in [0.2, 0.25) is 0 Å². The van der Waals surface area contributed by atoms with Crippen molar-refractivity contribution in [1.29, 1.82) is 0 Å². The van der Waals surface area contributed by atoms with Crippen molar-refractivity contribution in [2.75, 3.05) is 6.54 Å². The van der Waals surface area contributed by atoms with Crippen LogP contribution in [0.3, 0.4) is 0 Å². The van der Waals surface area contributed by atoms with E-state index in [0.29, 0.717) is 0 Å². The van der Waals surface area contributed by atoms with Gasteiger partial charge in [0.1, 0.15) is 0 Å². The molecule has 0 aromatic carbocycles. The van der Waals surface area contributed by atoms with E-state index in [1.54, 1.807) is 0 Å². The molecule has 1 unspecified atom stereocenters. The zero-order valence-corrected chi connectivity index (χ0v) is 7.68. The molecule has 0 amide bonds. The van der Waals surface area contributed by atoms with Crippen molar-refractivity contribution in [3.05, 3.63) is 12.7 Å². The summed E-state index contributed by atoms with van der Waals surface area (Å²) in [7, 11) is 0. The second-order valence-corrected chi connectivity index (χ2v) is 3.10. The minimum atomic E-state index is 0.835. The fourth-order valence-electron chi connectivity index (χ4n) is 1.43. The molecule has 1 nitrogen and oxygen atoms in total. The van der Waals surface area contributed by atoms with E-state index >= 15 is 0 Å². The van der Waals surface area contributed by atoms with Crippen molar-refractivity contribution in [2.45, 2.75) is 39.0 Å². The molecule has 0 aliphatic rings. The summed E-state index contributed by atoms with van der Waals surface area (Å²) < 4.78 is 0. The van der Waals surface area contributed by atoms with Gasteiger partial charge in [0.15, 0.2) is 0 Å². The predicted molar refractivity (Wildman–Crippen MR) is 51.5 cm³/mol. The standard InChI is InChI=1S/C10H21N/c1-3-5-7-10(6-4-2)8-9-11/h3,10H,1,4-9,11H2,2H3. The van der Waals surface area contributed by atoms with Gasteiger partial charge in [0, 0.05) is 0 Å². The molecule has 0 bridgehead atoms. The van der Waals surface area contributed by atoms with Crippen LogP contribution in [0.1, 0.15) is 39.0 Å². The van der Waals surface area contributed by atoms with Crippen molar-refractivity contribution in [3.8, 4) is 0 Å². The highest BCUT2D eigenvalue weighted by Crippen LogP contribution is 2.16. The van der Waals surface area contributed by atoms with Gasteiger partial charge < -0.3 is 5.73 Å². The Balaban J connectivity index is 3.41. The van der Waals surface area contributed by atoms with E-state index in [2.05, 4.69) is 13.5 Å². The van der Waals surface area contributed by atoms with E-state index in [1.165, 1.54) is 25.7 Å². The molecule has 66 valence electrons. The number of hydrogen-bond donors (Lipinski definition) is 1. The van der Waals surface area contributed by atoms with E-state index in [1.807, 2.05) is 6.08 Å². The maximum atomic E-state index is 5.51. The van der Waals surface area contributed by atoms with E-state index in [-0.39, 0.29) is 0 Å². The third kappa shape index (κ3) is 6.11. The molecule has 0 aromatic rings. The van der Waals surface area contributed by atoms with Gasteiger partial charge in [-0.05, 0) is 31.7 Å². The molecule has 0 rings (SSSR count). The lowest BCUT2D eigenvalue weighted by atomic mass is 9.95. The summed E-state index contributed by atoms with van der Waals surface area (Å²) in [6.45, 7) is 6.79. The third-order valence-corrected chi connectivity index (χ3v) is 2.05. The molecular weight excluding hydrogens is 134 g/mol. The van der Waals surface area contributed by atoms with Crippen molar-refractivity contribution < 1.29 is 0 Å². The SMILES string of the molecule is C=CCCC(CCC)CCN. The maximum Gasteiger partial charge on any atom is -0.00746 e. The van der Waals surface area contributed by atoms with E-state index in [4.69, 9.17) is 5.73 Å². The molecule has 0 spiro atoms. The Hall–Kier alpha value is -0.300. The summed E-state index contributed by atoms with van der Waals surface area (Å²) in [5.41, 5.74) is 5.51. The molecule has 0 radical (unpaired) electrons. The van der Waals surface area contributed by atoms with Crippen LogP contribution < -0.4 is 5.73 Å². The summed E-state index contributed by atoms with van der Waals surface area (Å²) in [5, 5.41) is 0. The molecule has 0 saturated carbocycles. The van der Waals surface area contributed by atoms with Crippen molar-refractivity contribution in [3.63, 3.8) is 0 Å².